The van der Waals surface area contributed by atoms with Crippen LogP contribution in [0, 0.1) is 5.82 Å². The molecule has 102 valence electrons. The van der Waals surface area contributed by atoms with Crippen LogP contribution in [-0.4, -0.2) is 22.0 Å². The molecule has 19 heavy (non-hydrogen) atoms. The number of methoxy groups -OCH3 is 1. The van der Waals surface area contributed by atoms with Gasteiger partial charge in [-0.05, 0) is 32.0 Å². The third-order valence-electron chi connectivity index (χ3n) is 3.20. The highest BCUT2D eigenvalue weighted by Gasteiger charge is 2.34. The molecule has 0 bridgehead atoms. The molecule has 1 heterocycles. The molecule has 2 rings (SSSR count). The van der Waals surface area contributed by atoms with Crippen LogP contribution in [0.5, 0.6) is 5.75 Å². The van der Waals surface area contributed by atoms with E-state index in [0.717, 1.165) is 0 Å². The van der Waals surface area contributed by atoms with Gasteiger partial charge >= 0.3 is 0 Å². The first kappa shape index (κ1) is 13.5. The minimum atomic E-state index is -1.51. The van der Waals surface area contributed by atoms with Crippen LogP contribution in [0.25, 0.3) is 0 Å². The highest BCUT2D eigenvalue weighted by atomic mass is 19.1. The molecular weight excluding hydrogens is 247 g/mol. The topological polar surface area (TPSA) is 47.3 Å². The zero-order valence-electron chi connectivity index (χ0n) is 11.2. The Labute approximate surface area is 111 Å². The van der Waals surface area contributed by atoms with Crippen molar-refractivity contribution in [2.24, 2.45) is 0 Å². The van der Waals surface area contributed by atoms with Crippen molar-refractivity contribution in [3.05, 3.63) is 47.5 Å². The van der Waals surface area contributed by atoms with Crippen molar-refractivity contribution >= 4 is 0 Å². The molecular formula is C14H17FN2O2. The van der Waals surface area contributed by atoms with Crippen LogP contribution in [0.3, 0.4) is 0 Å². The SMILES string of the molecule is CCn1nccc1C(C)(O)c1c(F)cccc1OC. The summed E-state index contributed by atoms with van der Waals surface area (Å²) in [6, 6.07) is 6.15. The number of aryl methyl sites for hydroxylation is 1. The largest absolute Gasteiger partial charge is 0.496 e. The smallest absolute Gasteiger partial charge is 0.135 e. The highest BCUT2D eigenvalue weighted by Crippen LogP contribution is 2.36. The average Bonchev–Trinajstić information content (AvgIpc) is 2.87. The molecule has 1 N–H and O–H groups in total. The first-order valence-corrected chi connectivity index (χ1v) is 6.10. The van der Waals surface area contributed by atoms with E-state index in [2.05, 4.69) is 5.10 Å². The molecule has 1 aromatic carbocycles. The second-order valence-electron chi connectivity index (χ2n) is 4.42. The van der Waals surface area contributed by atoms with Gasteiger partial charge in [-0.1, -0.05) is 6.07 Å². The Morgan fingerprint density at radius 1 is 1.42 bits per heavy atom. The summed E-state index contributed by atoms with van der Waals surface area (Å²) in [4.78, 5) is 0. The fraction of sp³-hybridized carbons (Fsp3) is 0.357. The number of ether oxygens (including phenoxy) is 1. The molecule has 0 aliphatic rings. The summed E-state index contributed by atoms with van der Waals surface area (Å²) in [5, 5.41) is 14.9. The summed E-state index contributed by atoms with van der Waals surface area (Å²) >= 11 is 0. The van der Waals surface area contributed by atoms with Crippen molar-refractivity contribution in [3.63, 3.8) is 0 Å². The van der Waals surface area contributed by atoms with Gasteiger partial charge in [-0.15, -0.1) is 0 Å². The monoisotopic (exact) mass is 264 g/mol. The standard InChI is InChI=1S/C14H17FN2O2/c1-4-17-12(8-9-16-17)14(2,18)13-10(15)6-5-7-11(13)19-3/h5-9,18H,4H2,1-3H3. The molecule has 0 radical (unpaired) electrons. The number of aliphatic hydroxyl groups is 1. The fourth-order valence-electron chi connectivity index (χ4n) is 2.27. The van der Waals surface area contributed by atoms with Gasteiger partial charge in [-0.25, -0.2) is 4.39 Å². The maximum Gasteiger partial charge on any atom is 0.135 e. The predicted octanol–water partition coefficient (Wildman–Crippen LogP) is 2.31. The third-order valence-corrected chi connectivity index (χ3v) is 3.20. The van der Waals surface area contributed by atoms with E-state index in [1.54, 1.807) is 29.1 Å². The van der Waals surface area contributed by atoms with Gasteiger partial charge in [0.05, 0.1) is 18.4 Å². The Hall–Kier alpha value is -1.88. The summed E-state index contributed by atoms with van der Waals surface area (Å²) in [7, 11) is 1.45. The zero-order valence-corrected chi connectivity index (χ0v) is 11.2. The van der Waals surface area contributed by atoms with Crippen LogP contribution in [0.2, 0.25) is 0 Å². The van der Waals surface area contributed by atoms with Gasteiger partial charge in [-0.3, -0.25) is 4.68 Å². The molecule has 1 aromatic heterocycles. The molecule has 0 fully saturated rings. The van der Waals surface area contributed by atoms with Crippen molar-refractivity contribution in [1.82, 2.24) is 9.78 Å². The van der Waals surface area contributed by atoms with E-state index in [1.807, 2.05) is 6.92 Å². The molecule has 0 saturated carbocycles. The summed E-state index contributed by atoms with van der Waals surface area (Å²) < 4.78 is 20.9. The summed E-state index contributed by atoms with van der Waals surface area (Å²) in [6.45, 7) is 4.04. The van der Waals surface area contributed by atoms with Gasteiger partial charge in [0, 0.05) is 12.7 Å². The number of halogens is 1. The molecule has 1 atom stereocenters. The Bertz CT molecular complexity index is 579. The van der Waals surface area contributed by atoms with Gasteiger partial charge in [0.2, 0.25) is 0 Å². The molecule has 2 aromatic rings. The number of nitrogens with zero attached hydrogens (tertiary/aromatic N) is 2. The van der Waals surface area contributed by atoms with Crippen LogP contribution in [0.15, 0.2) is 30.5 Å². The summed E-state index contributed by atoms with van der Waals surface area (Å²) in [5.74, 6) is -0.193. The van der Waals surface area contributed by atoms with E-state index in [0.29, 0.717) is 18.0 Å². The van der Waals surface area contributed by atoms with Crippen molar-refractivity contribution < 1.29 is 14.2 Å². The lowest BCUT2D eigenvalue weighted by molar-refractivity contribution is 0.0844. The van der Waals surface area contributed by atoms with Crippen molar-refractivity contribution in [2.45, 2.75) is 26.0 Å². The lowest BCUT2D eigenvalue weighted by Gasteiger charge is -2.26. The molecule has 0 saturated heterocycles. The normalized spacial score (nSPS) is 14.2. The molecule has 4 nitrogen and oxygen atoms in total. The van der Waals surface area contributed by atoms with Gasteiger partial charge in [0.1, 0.15) is 17.2 Å². The van der Waals surface area contributed by atoms with Gasteiger partial charge in [-0.2, -0.15) is 5.10 Å². The quantitative estimate of drug-likeness (QED) is 0.921. The highest BCUT2D eigenvalue weighted by molar-refractivity contribution is 5.43. The zero-order chi connectivity index (χ0) is 14.0. The van der Waals surface area contributed by atoms with Crippen molar-refractivity contribution in [1.29, 1.82) is 0 Å². The molecule has 0 amide bonds. The van der Waals surface area contributed by atoms with E-state index in [-0.39, 0.29) is 5.56 Å². The lowest BCUT2D eigenvalue weighted by atomic mass is 9.91. The van der Waals surface area contributed by atoms with Gasteiger partial charge in [0.15, 0.2) is 0 Å². The Morgan fingerprint density at radius 3 is 2.79 bits per heavy atom. The Morgan fingerprint density at radius 2 is 2.16 bits per heavy atom. The van der Waals surface area contributed by atoms with Crippen molar-refractivity contribution in [2.75, 3.05) is 7.11 Å². The van der Waals surface area contributed by atoms with Crippen LogP contribution < -0.4 is 4.74 Å². The number of benzene rings is 1. The molecule has 5 heteroatoms. The first-order valence-electron chi connectivity index (χ1n) is 6.10. The van der Waals surface area contributed by atoms with E-state index < -0.39 is 11.4 Å². The Balaban J connectivity index is 2.62. The second-order valence-corrected chi connectivity index (χ2v) is 4.42. The number of rotatable bonds is 4. The number of hydrogen-bond acceptors (Lipinski definition) is 3. The lowest BCUT2D eigenvalue weighted by Crippen LogP contribution is -2.28. The number of aromatic nitrogens is 2. The first-order chi connectivity index (χ1) is 9.02. The minimum absolute atomic E-state index is 0.118. The van der Waals surface area contributed by atoms with Crippen molar-refractivity contribution in [3.8, 4) is 5.75 Å². The van der Waals surface area contributed by atoms with Crippen LogP contribution in [0.1, 0.15) is 25.1 Å². The summed E-state index contributed by atoms with van der Waals surface area (Å²) in [6.07, 6.45) is 1.58. The maximum atomic E-state index is 14.1. The maximum absolute atomic E-state index is 14.1. The van der Waals surface area contributed by atoms with Gasteiger partial charge < -0.3 is 9.84 Å². The Kier molecular flexibility index (Phi) is 3.57. The van der Waals surface area contributed by atoms with E-state index >= 15 is 0 Å². The van der Waals surface area contributed by atoms with E-state index in [1.165, 1.54) is 20.1 Å². The average molecular weight is 264 g/mol. The van der Waals surface area contributed by atoms with E-state index in [4.69, 9.17) is 4.74 Å². The molecule has 1 unspecified atom stereocenters. The second kappa shape index (κ2) is 5.01. The third kappa shape index (κ3) is 2.21. The summed E-state index contributed by atoms with van der Waals surface area (Å²) in [5.41, 5.74) is -0.866. The molecule has 0 aliphatic carbocycles. The predicted molar refractivity (Wildman–Crippen MR) is 69.5 cm³/mol. The number of hydrogen-bond donors (Lipinski definition) is 1. The molecule has 0 spiro atoms. The molecule has 0 aliphatic heterocycles. The minimum Gasteiger partial charge on any atom is -0.496 e. The van der Waals surface area contributed by atoms with Crippen LogP contribution in [-0.2, 0) is 12.1 Å². The van der Waals surface area contributed by atoms with Gasteiger partial charge in [0.25, 0.3) is 0 Å². The fourth-order valence-corrected chi connectivity index (χ4v) is 2.27. The van der Waals surface area contributed by atoms with Crippen LogP contribution in [0.4, 0.5) is 4.39 Å². The van der Waals surface area contributed by atoms with E-state index in [9.17, 15) is 9.50 Å². The van der Waals surface area contributed by atoms with Crippen LogP contribution >= 0.6 is 0 Å².